The molecule has 0 aliphatic heterocycles. The van der Waals surface area contributed by atoms with Crippen molar-refractivity contribution in [1.82, 2.24) is 14.8 Å². The molecule has 0 saturated carbocycles. The summed E-state index contributed by atoms with van der Waals surface area (Å²) in [5.74, 6) is 1.99. The number of nitrogens with zero attached hydrogens (tertiary/aromatic N) is 3. The van der Waals surface area contributed by atoms with Gasteiger partial charge in [-0.25, -0.2) is 0 Å². The second-order valence-electron chi connectivity index (χ2n) is 7.48. The van der Waals surface area contributed by atoms with E-state index in [0.29, 0.717) is 16.9 Å². The number of anilines is 1. The van der Waals surface area contributed by atoms with Crippen LogP contribution in [0.3, 0.4) is 0 Å². The van der Waals surface area contributed by atoms with E-state index in [1.807, 2.05) is 66.1 Å². The molecule has 4 rings (SSSR count). The Morgan fingerprint density at radius 1 is 1.10 bits per heavy atom. The van der Waals surface area contributed by atoms with Crippen LogP contribution in [-0.4, -0.2) is 26.4 Å². The van der Waals surface area contributed by atoms with Crippen LogP contribution in [0.1, 0.15) is 31.1 Å². The molecule has 0 aliphatic carbocycles. The summed E-state index contributed by atoms with van der Waals surface area (Å²) in [4.78, 5) is 12.6. The molecule has 7 heteroatoms. The predicted molar refractivity (Wildman–Crippen MR) is 124 cm³/mol. The van der Waals surface area contributed by atoms with Crippen molar-refractivity contribution in [2.24, 2.45) is 0 Å². The molecule has 0 spiro atoms. The molecule has 1 amide bonds. The number of furan rings is 1. The van der Waals surface area contributed by atoms with Crippen molar-refractivity contribution in [1.29, 1.82) is 0 Å². The topological polar surface area (TPSA) is 72.9 Å². The summed E-state index contributed by atoms with van der Waals surface area (Å²) in [5, 5.41) is 12.4. The first kappa shape index (κ1) is 20.9. The monoisotopic (exact) mass is 432 g/mol. The molecule has 0 fully saturated rings. The summed E-state index contributed by atoms with van der Waals surface area (Å²) in [7, 11) is 0. The molecule has 1 N–H and O–H groups in total. The largest absolute Gasteiger partial charge is 0.469 e. The van der Waals surface area contributed by atoms with Crippen LogP contribution >= 0.6 is 11.8 Å². The first-order chi connectivity index (χ1) is 15.0. The Hall–Kier alpha value is -3.32. The van der Waals surface area contributed by atoms with Crippen molar-refractivity contribution in [3.8, 4) is 17.1 Å². The highest BCUT2D eigenvalue weighted by Crippen LogP contribution is 2.30. The van der Waals surface area contributed by atoms with E-state index >= 15 is 0 Å². The van der Waals surface area contributed by atoms with Crippen LogP contribution in [0.15, 0.2) is 76.5 Å². The summed E-state index contributed by atoms with van der Waals surface area (Å²) in [6.07, 6.45) is 1.64. The van der Waals surface area contributed by atoms with E-state index in [9.17, 15) is 4.79 Å². The van der Waals surface area contributed by atoms with E-state index in [1.54, 1.807) is 6.26 Å². The number of para-hydroxylation sites is 1. The molecule has 0 saturated heterocycles. The highest BCUT2D eigenvalue weighted by Gasteiger charge is 2.19. The van der Waals surface area contributed by atoms with E-state index in [4.69, 9.17) is 4.42 Å². The highest BCUT2D eigenvalue weighted by molar-refractivity contribution is 7.99. The second-order valence-corrected chi connectivity index (χ2v) is 8.43. The fraction of sp³-hybridized carbons (Fsp3) is 0.208. The Bertz CT molecular complexity index is 1180. The highest BCUT2D eigenvalue weighted by atomic mass is 32.2. The van der Waals surface area contributed by atoms with Gasteiger partial charge in [-0.05, 0) is 48.7 Å². The smallest absolute Gasteiger partial charge is 0.234 e. The Balaban J connectivity index is 1.55. The van der Waals surface area contributed by atoms with Crippen LogP contribution in [-0.2, 0) is 4.79 Å². The van der Waals surface area contributed by atoms with Gasteiger partial charge in [-0.1, -0.05) is 55.9 Å². The van der Waals surface area contributed by atoms with Crippen LogP contribution in [0.5, 0.6) is 0 Å². The van der Waals surface area contributed by atoms with Crippen molar-refractivity contribution < 1.29 is 9.21 Å². The first-order valence-corrected chi connectivity index (χ1v) is 11.1. The maximum absolute atomic E-state index is 12.6. The molecule has 2 aromatic carbocycles. The summed E-state index contributed by atoms with van der Waals surface area (Å²) in [5.41, 5.74) is 3.79. The number of thioether (sulfide) groups is 1. The fourth-order valence-electron chi connectivity index (χ4n) is 3.27. The van der Waals surface area contributed by atoms with Gasteiger partial charge in [0.2, 0.25) is 5.91 Å². The molecule has 158 valence electrons. The van der Waals surface area contributed by atoms with Gasteiger partial charge in [-0.2, -0.15) is 0 Å². The van der Waals surface area contributed by atoms with Gasteiger partial charge in [0, 0.05) is 11.4 Å². The van der Waals surface area contributed by atoms with E-state index in [2.05, 4.69) is 35.4 Å². The number of aromatic nitrogens is 3. The van der Waals surface area contributed by atoms with Gasteiger partial charge in [0.1, 0.15) is 5.76 Å². The maximum Gasteiger partial charge on any atom is 0.234 e. The van der Waals surface area contributed by atoms with Crippen molar-refractivity contribution >= 4 is 23.4 Å². The average Bonchev–Trinajstić information content (AvgIpc) is 3.38. The fourth-order valence-corrected chi connectivity index (χ4v) is 4.02. The molecule has 0 aliphatic rings. The SMILES string of the molecule is Cc1occc1-c1nnc(SCC(=O)Nc2cccc(C(C)C)c2)n1-c1ccccc1. The normalized spacial score (nSPS) is 11.1. The minimum Gasteiger partial charge on any atom is -0.469 e. The molecule has 2 aromatic heterocycles. The molecule has 0 atom stereocenters. The lowest BCUT2D eigenvalue weighted by Crippen LogP contribution is -2.14. The Morgan fingerprint density at radius 3 is 2.61 bits per heavy atom. The number of hydrogen-bond donors (Lipinski definition) is 1. The first-order valence-electron chi connectivity index (χ1n) is 10.1. The van der Waals surface area contributed by atoms with Crippen LogP contribution in [0.4, 0.5) is 5.69 Å². The number of hydrogen-bond acceptors (Lipinski definition) is 5. The summed E-state index contributed by atoms with van der Waals surface area (Å²) in [6.45, 7) is 6.16. The number of benzene rings is 2. The molecule has 6 nitrogen and oxygen atoms in total. The van der Waals surface area contributed by atoms with Gasteiger partial charge in [-0.3, -0.25) is 9.36 Å². The van der Waals surface area contributed by atoms with E-state index in [0.717, 1.165) is 22.7 Å². The zero-order valence-corrected chi connectivity index (χ0v) is 18.5. The van der Waals surface area contributed by atoms with Crippen molar-refractivity contribution in [3.05, 3.63) is 78.3 Å². The predicted octanol–water partition coefficient (Wildman–Crippen LogP) is 5.69. The summed E-state index contributed by atoms with van der Waals surface area (Å²) >= 11 is 1.35. The molecular formula is C24H24N4O2S. The van der Waals surface area contributed by atoms with Crippen molar-refractivity contribution in [2.75, 3.05) is 11.1 Å². The van der Waals surface area contributed by atoms with Crippen LogP contribution in [0, 0.1) is 6.92 Å². The molecule has 0 unspecified atom stereocenters. The minimum absolute atomic E-state index is 0.0884. The van der Waals surface area contributed by atoms with Crippen LogP contribution in [0.25, 0.3) is 17.1 Å². The number of rotatable bonds is 7. The lowest BCUT2D eigenvalue weighted by molar-refractivity contribution is -0.113. The van der Waals surface area contributed by atoms with Gasteiger partial charge >= 0.3 is 0 Å². The van der Waals surface area contributed by atoms with Gasteiger partial charge in [0.05, 0.1) is 17.6 Å². The van der Waals surface area contributed by atoms with Crippen molar-refractivity contribution in [2.45, 2.75) is 31.8 Å². The number of nitrogens with one attached hydrogen (secondary N) is 1. The summed E-state index contributed by atoms with van der Waals surface area (Å²) in [6, 6.07) is 19.7. The molecule has 0 radical (unpaired) electrons. The third kappa shape index (κ3) is 4.72. The third-order valence-electron chi connectivity index (χ3n) is 4.92. The third-order valence-corrected chi connectivity index (χ3v) is 5.85. The average molecular weight is 433 g/mol. The lowest BCUT2D eigenvalue weighted by Gasteiger charge is -2.11. The molecule has 0 bridgehead atoms. The van der Waals surface area contributed by atoms with Crippen LogP contribution < -0.4 is 5.32 Å². The maximum atomic E-state index is 12.6. The number of aryl methyl sites for hydroxylation is 1. The Kier molecular flexibility index (Phi) is 6.23. The summed E-state index contributed by atoms with van der Waals surface area (Å²) < 4.78 is 7.41. The van der Waals surface area contributed by atoms with Crippen molar-refractivity contribution in [3.63, 3.8) is 0 Å². The number of amides is 1. The Labute approximate surface area is 185 Å². The number of carbonyl (C=O) groups is 1. The van der Waals surface area contributed by atoms with Gasteiger partial charge in [0.15, 0.2) is 11.0 Å². The van der Waals surface area contributed by atoms with Gasteiger partial charge in [0.25, 0.3) is 0 Å². The molecule has 31 heavy (non-hydrogen) atoms. The Morgan fingerprint density at radius 2 is 1.90 bits per heavy atom. The number of carbonyl (C=O) groups excluding carboxylic acids is 1. The zero-order chi connectivity index (χ0) is 21.8. The van der Waals surface area contributed by atoms with Gasteiger partial charge < -0.3 is 9.73 Å². The van der Waals surface area contributed by atoms with E-state index in [1.165, 1.54) is 17.3 Å². The lowest BCUT2D eigenvalue weighted by atomic mass is 10.0. The second kappa shape index (κ2) is 9.22. The quantitative estimate of drug-likeness (QED) is 0.380. The molecule has 4 aromatic rings. The van der Waals surface area contributed by atoms with E-state index < -0.39 is 0 Å². The van der Waals surface area contributed by atoms with Crippen LogP contribution in [0.2, 0.25) is 0 Å². The van der Waals surface area contributed by atoms with E-state index in [-0.39, 0.29) is 11.7 Å². The zero-order valence-electron chi connectivity index (χ0n) is 17.7. The van der Waals surface area contributed by atoms with Gasteiger partial charge in [-0.15, -0.1) is 10.2 Å². The standard InChI is InChI=1S/C24H24N4O2S/c1-16(2)18-8-7-9-19(14-18)25-22(29)15-31-24-27-26-23(21-12-13-30-17(21)3)28(24)20-10-5-4-6-11-20/h4-14,16H,15H2,1-3H3,(H,25,29). The molecule has 2 heterocycles. The minimum atomic E-state index is -0.0884. The molecular weight excluding hydrogens is 408 g/mol.